The highest BCUT2D eigenvalue weighted by molar-refractivity contribution is 7.26. The monoisotopic (exact) mass is 659 g/mol. The average molecular weight is 660 g/mol. The second kappa shape index (κ2) is 10.3. The van der Waals surface area contributed by atoms with Crippen LogP contribution in [0.5, 0.6) is 0 Å². The standard InChI is InChI=1S/C46H29NS2/c1-26-30-13-6-8-18-39(30)47-46(34-17-10-20-41-45(34)33-16-7-9-19-40(33)48-41)44(26)38-22-29-24-43-37(25-35(29)31-14-4-5-15-32(31)38)36-21-27-11-2-3-12-28(27)23-42(36)49-43/h2-21,23-25,38H,22H2,1H3. The Hall–Kier alpha value is -5.35. The van der Waals surface area contributed by atoms with Crippen LogP contribution in [0.15, 0.2) is 140 Å². The minimum Gasteiger partial charge on any atom is -0.247 e. The van der Waals surface area contributed by atoms with Gasteiger partial charge in [0.05, 0.1) is 11.2 Å². The van der Waals surface area contributed by atoms with Crippen molar-refractivity contribution in [2.24, 2.45) is 0 Å². The molecule has 0 amide bonds. The van der Waals surface area contributed by atoms with Gasteiger partial charge in [0.2, 0.25) is 0 Å². The van der Waals surface area contributed by atoms with Gasteiger partial charge in [0.25, 0.3) is 0 Å². The Morgan fingerprint density at radius 1 is 0.531 bits per heavy atom. The summed E-state index contributed by atoms with van der Waals surface area (Å²) < 4.78 is 5.35. The number of rotatable bonds is 2. The van der Waals surface area contributed by atoms with Crippen molar-refractivity contribution in [3.8, 4) is 22.4 Å². The summed E-state index contributed by atoms with van der Waals surface area (Å²) in [6.07, 6.45) is 0.937. The van der Waals surface area contributed by atoms with Crippen molar-refractivity contribution in [2.45, 2.75) is 19.3 Å². The average Bonchev–Trinajstić information content (AvgIpc) is 3.70. The molecule has 0 saturated heterocycles. The lowest BCUT2D eigenvalue weighted by Crippen LogP contribution is -2.16. The molecule has 0 spiro atoms. The molecule has 10 aromatic rings. The Bertz CT molecular complexity index is 3000. The van der Waals surface area contributed by atoms with E-state index < -0.39 is 0 Å². The topological polar surface area (TPSA) is 12.9 Å². The first kappa shape index (κ1) is 27.6. The second-order valence-corrected chi connectivity index (χ2v) is 15.6. The largest absolute Gasteiger partial charge is 0.247 e. The van der Waals surface area contributed by atoms with Crippen molar-refractivity contribution in [3.05, 3.63) is 162 Å². The number of thiophene rings is 2. The Labute approximate surface area is 291 Å². The number of nitrogens with zero attached hydrogens (tertiary/aromatic N) is 1. The highest BCUT2D eigenvalue weighted by Gasteiger charge is 2.31. The number of para-hydroxylation sites is 1. The van der Waals surface area contributed by atoms with Gasteiger partial charge in [0.1, 0.15) is 0 Å². The number of benzene rings is 7. The molecule has 3 heterocycles. The van der Waals surface area contributed by atoms with Gasteiger partial charge in [-0.1, -0.05) is 97.1 Å². The molecule has 0 saturated carbocycles. The van der Waals surface area contributed by atoms with Crippen LogP contribution in [0.25, 0.3) is 84.4 Å². The summed E-state index contributed by atoms with van der Waals surface area (Å²) in [5, 5.41) is 9.18. The zero-order valence-corrected chi connectivity index (χ0v) is 28.5. The maximum Gasteiger partial charge on any atom is 0.0757 e. The third-order valence-electron chi connectivity index (χ3n) is 10.8. The van der Waals surface area contributed by atoms with Gasteiger partial charge in [-0.05, 0) is 100.0 Å². The Balaban J connectivity index is 1.19. The Morgan fingerprint density at radius 2 is 1.20 bits per heavy atom. The number of fused-ring (bicyclic) bond motifs is 11. The third-order valence-corrected chi connectivity index (χ3v) is 13.1. The summed E-state index contributed by atoms with van der Waals surface area (Å²) in [5.74, 6) is 0.172. The van der Waals surface area contributed by atoms with Gasteiger partial charge in [0.15, 0.2) is 0 Å². The van der Waals surface area contributed by atoms with Gasteiger partial charge in [-0.25, -0.2) is 4.98 Å². The van der Waals surface area contributed by atoms with E-state index in [1.165, 1.54) is 95.4 Å². The van der Waals surface area contributed by atoms with E-state index in [-0.39, 0.29) is 5.92 Å². The van der Waals surface area contributed by atoms with Crippen LogP contribution in [0.2, 0.25) is 0 Å². The molecule has 0 bridgehead atoms. The predicted octanol–water partition coefficient (Wildman–Crippen LogP) is 13.5. The molecule has 0 radical (unpaired) electrons. The molecule has 230 valence electrons. The molecule has 49 heavy (non-hydrogen) atoms. The summed E-state index contributed by atoms with van der Waals surface area (Å²) in [6.45, 7) is 2.33. The SMILES string of the molecule is Cc1c(C2Cc3cc4sc5cc6ccccc6cc5c4cc3-c3ccccc32)c(-c2cccc3sc4ccccc4c23)nc2ccccc12. The van der Waals surface area contributed by atoms with Crippen LogP contribution in [0.1, 0.15) is 28.2 Å². The molecule has 0 N–H and O–H groups in total. The van der Waals surface area contributed by atoms with Crippen molar-refractivity contribution >= 4 is 84.7 Å². The molecule has 1 aliphatic carbocycles. The minimum atomic E-state index is 0.172. The van der Waals surface area contributed by atoms with Crippen LogP contribution < -0.4 is 0 Å². The second-order valence-electron chi connectivity index (χ2n) is 13.4. The predicted molar refractivity (Wildman–Crippen MR) is 213 cm³/mol. The van der Waals surface area contributed by atoms with Crippen LogP contribution in [0.3, 0.4) is 0 Å². The zero-order chi connectivity index (χ0) is 32.2. The van der Waals surface area contributed by atoms with E-state index in [9.17, 15) is 0 Å². The zero-order valence-electron chi connectivity index (χ0n) is 26.8. The van der Waals surface area contributed by atoms with Gasteiger partial charge < -0.3 is 0 Å². The van der Waals surface area contributed by atoms with E-state index in [1.807, 2.05) is 22.7 Å². The van der Waals surface area contributed by atoms with Crippen molar-refractivity contribution in [2.75, 3.05) is 0 Å². The first-order chi connectivity index (χ1) is 24.2. The summed E-state index contributed by atoms with van der Waals surface area (Å²) in [4.78, 5) is 5.56. The Kier molecular flexibility index (Phi) is 5.81. The Morgan fingerprint density at radius 3 is 2.12 bits per heavy atom. The smallest absolute Gasteiger partial charge is 0.0757 e. The fourth-order valence-corrected chi connectivity index (χ4v) is 10.9. The van der Waals surface area contributed by atoms with Crippen LogP contribution in [0.4, 0.5) is 0 Å². The van der Waals surface area contributed by atoms with Gasteiger partial charge >= 0.3 is 0 Å². The van der Waals surface area contributed by atoms with E-state index in [4.69, 9.17) is 4.98 Å². The van der Waals surface area contributed by atoms with E-state index >= 15 is 0 Å². The molecular weight excluding hydrogens is 631 g/mol. The fourth-order valence-electron chi connectivity index (χ4n) is 8.60. The number of aryl methyl sites for hydroxylation is 1. The van der Waals surface area contributed by atoms with Gasteiger partial charge in [0, 0.05) is 57.2 Å². The summed E-state index contributed by atoms with van der Waals surface area (Å²) in [5.41, 5.74) is 11.6. The number of hydrogen-bond acceptors (Lipinski definition) is 3. The molecule has 1 atom stereocenters. The van der Waals surface area contributed by atoms with Crippen LogP contribution in [-0.2, 0) is 6.42 Å². The maximum absolute atomic E-state index is 5.56. The minimum absolute atomic E-state index is 0.172. The lowest BCUT2D eigenvalue weighted by atomic mass is 9.73. The summed E-state index contributed by atoms with van der Waals surface area (Å²) in [6, 6.07) is 51.9. The molecule has 1 unspecified atom stereocenters. The lowest BCUT2D eigenvalue weighted by molar-refractivity contribution is 0.788. The molecule has 11 rings (SSSR count). The molecule has 7 aromatic carbocycles. The normalized spacial score (nSPS) is 14.3. The first-order valence-corrected chi connectivity index (χ1v) is 18.6. The van der Waals surface area contributed by atoms with E-state index in [0.717, 1.165) is 17.6 Å². The number of pyridine rings is 1. The van der Waals surface area contributed by atoms with Crippen LogP contribution >= 0.6 is 22.7 Å². The molecule has 3 heteroatoms. The molecule has 0 aliphatic heterocycles. The first-order valence-electron chi connectivity index (χ1n) is 17.0. The van der Waals surface area contributed by atoms with Crippen LogP contribution in [-0.4, -0.2) is 4.98 Å². The van der Waals surface area contributed by atoms with Crippen LogP contribution in [0, 0.1) is 6.92 Å². The van der Waals surface area contributed by atoms with Gasteiger partial charge in [-0.2, -0.15) is 0 Å². The molecule has 1 nitrogen and oxygen atoms in total. The number of aromatic nitrogens is 1. The quantitative estimate of drug-likeness (QED) is 0.180. The van der Waals surface area contributed by atoms with Gasteiger partial charge in [-0.15, -0.1) is 22.7 Å². The summed E-state index contributed by atoms with van der Waals surface area (Å²) in [7, 11) is 0. The van der Waals surface area contributed by atoms with E-state index in [1.54, 1.807) is 0 Å². The summed E-state index contributed by atoms with van der Waals surface area (Å²) >= 11 is 3.80. The van der Waals surface area contributed by atoms with Crippen molar-refractivity contribution in [1.29, 1.82) is 0 Å². The van der Waals surface area contributed by atoms with Crippen molar-refractivity contribution in [1.82, 2.24) is 4.98 Å². The number of hydrogen-bond donors (Lipinski definition) is 0. The highest BCUT2D eigenvalue weighted by atomic mass is 32.1. The van der Waals surface area contributed by atoms with Crippen molar-refractivity contribution < 1.29 is 0 Å². The van der Waals surface area contributed by atoms with E-state index in [0.29, 0.717) is 0 Å². The maximum atomic E-state index is 5.56. The molecular formula is C46H29NS2. The highest BCUT2D eigenvalue weighted by Crippen LogP contribution is 2.50. The molecule has 0 fully saturated rings. The van der Waals surface area contributed by atoms with E-state index in [2.05, 4.69) is 146 Å². The third kappa shape index (κ3) is 4.01. The molecule has 1 aliphatic rings. The molecule has 3 aromatic heterocycles. The lowest BCUT2D eigenvalue weighted by Gasteiger charge is -2.31. The van der Waals surface area contributed by atoms with Gasteiger partial charge in [-0.3, -0.25) is 0 Å². The van der Waals surface area contributed by atoms with Crippen molar-refractivity contribution in [3.63, 3.8) is 0 Å². The fraction of sp³-hybridized carbons (Fsp3) is 0.0652.